The number of benzene rings is 1. The first kappa shape index (κ1) is 20.6. The third kappa shape index (κ3) is 4.81. The van der Waals surface area contributed by atoms with E-state index >= 15 is 0 Å². The van der Waals surface area contributed by atoms with Gasteiger partial charge in [-0.15, -0.1) is 11.3 Å². The van der Waals surface area contributed by atoms with Crippen LogP contribution in [-0.2, 0) is 4.79 Å². The summed E-state index contributed by atoms with van der Waals surface area (Å²) in [7, 11) is 0. The second-order valence-corrected chi connectivity index (χ2v) is 8.44. The minimum absolute atomic E-state index is 0.0486. The highest BCUT2D eigenvalue weighted by molar-refractivity contribution is 7.18. The van der Waals surface area contributed by atoms with E-state index in [-0.39, 0.29) is 30.2 Å². The molecule has 0 radical (unpaired) electrons. The number of anilines is 1. The van der Waals surface area contributed by atoms with Crippen LogP contribution < -0.4 is 4.90 Å². The second-order valence-electron chi connectivity index (χ2n) is 6.28. The maximum absolute atomic E-state index is 12.4. The molecule has 1 aromatic carbocycles. The van der Waals surface area contributed by atoms with Crippen molar-refractivity contribution in [3.8, 4) is 0 Å². The smallest absolute Gasteiger partial charge is 0.294 e. The van der Waals surface area contributed by atoms with Gasteiger partial charge in [0.05, 0.1) is 14.1 Å². The zero-order valence-electron chi connectivity index (χ0n) is 14.8. The Hall–Kier alpha value is -2.16. The van der Waals surface area contributed by atoms with Gasteiger partial charge in [0, 0.05) is 50.1 Å². The molecule has 1 amide bonds. The van der Waals surface area contributed by atoms with E-state index in [0.29, 0.717) is 46.1 Å². The Bertz CT molecular complexity index is 910. The topological polar surface area (TPSA) is 83.8 Å². The number of ketones is 1. The minimum Gasteiger partial charge on any atom is -0.362 e. The number of nitro groups is 1. The minimum atomic E-state index is -0.457. The fourth-order valence-electron chi connectivity index (χ4n) is 3.07. The van der Waals surface area contributed by atoms with E-state index in [4.69, 9.17) is 23.2 Å². The maximum atomic E-state index is 12.4. The maximum Gasteiger partial charge on any atom is 0.294 e. The van der Waals surface area contributed by atoms with Gasteiger partial charge in [0.2, 0.25) is 5.91 Å². The lowest BCUT2D eigenvalue weighted by atomic mass is 10.1. The molecule has 3 rings (SSSR count). The molecule has 1 aliphatic rings. The summed E-state index contributed by atoms with van der Waals surface area (Å²) in [5.74, 6) is -0.193. The molecule has 7 nitrogen and oxygen atoms in total. The number of carbonyl (C=O) groups excluding carboxylic acids is 2. The van der Waals surface area contributed by atoms with E-state index in [0.717, 1.165) is 0 Å². The Labute approximate surface area is 175 Å². The molecule has 28 heavy (non-hydrogen) atoms. The predicted octanol–water partition coefficient (Wildman–Crippen LogP) is 4.27. The zero-order chi connectivity index (χ0) is 20.3. The summed E-state index contributed by atoms with van der Waals surface area (Å²) < 4.78 is 0.544. The van der Waals surface area contributed by atoms with Crippen LogP contribution in [0.3, 0.4) is 0 Å². The average molecular weight is 442 g/mol. The summed E-state index contributed by atoms with van der Waals surface area (Å²) in [6.07, 6.45) is 0.272. The quantitative estimate of drug-likeness (QED) is 0.379. The Balaban J connectivity index is 1.54. The van der Waals surface area contributed by atoms with Crippen LogP contribution >= 0.6 is 34.5 Å². The number of hydrogen-bond acceptors (Lipinski definition) is 6. The van der Waals surface area contributed by atoms with Crippen LogP contribution in [0.15, 0.2) is 30.3 Å². The molecular formula is C18H17Cl2N3O4S. The first-order chi connectivity index (χ1) is 13.3. The van der Waals surface area contributed by atoms with Crippen molar-refractivity contribution >= 4 is 57.6 Å². The molecule has 148 valence electrons. The normalized spacial score (nSPS) is 14.2. The highest BCUT2D eigenvalue weighted by Crippen LogP contribution is 2.31. The summed E-state index contributed by atoms with van der Waals surface area (Å²) in [6, 6.07) is 7.90. The number of nitro benzene ring substituents is 1. The molecule has 0 unspecified atom stereocenters. The molecule has 10 heteroatoms. The van der Waals surface area contributed by atoms with Crippen LogP contribution in [0.25, 0.3) is 0 Å². The van der Waals surface area contributed by atoms with Gasteiger partial charge in [-0.3, -0.25) is 19.7 Å². The molecule has 1 aromatic heterocycles. The number of carbonyl (C=O) groups is 2. The van der Waals surface area contributed by atoms with E-state index in [9.17, 15) is 19.7 Å². The lowest BCUT2D eigenvalue weighted by Crippen LogP contribution is -2.49. The van der Waals surface area contributed by atoms with Gasteiger partial charge >= 0.3 is 0 Å². The van der Waals surface area contributed by atoms with Crippen molar-refractivity contribution in [1.82, 2.24) is 4.90 Å². The average Bonchev–Trinajstić information content (AvgIpc) is 3.12. The number of hydrogen-bond donors (Lipinski definition) is 0. The van der Waals surface area contributed by atoms with Crippen molar-refractivity contribution in [3.63, 3.8) is 0 Å². The van der Waals surface area contributed by atoms with Gasteiger partial charge in [-0.25, -0.2) is 0 Å². The van der Waals surface area contributed by atoms with Gasteiger partial charge in [-0.1, -0.05) is 23.2 Å². The lowest BCUT2D eigenvalue weighted by molar-refractivity contribution is -0.384. The molecule has 2 heterocycles. The van der Waals surface area contributed by atoms with Crippen molar-refractivity contribution in [1.29, 1.82) is 0 Å². The van der Waals surface area contributed by atoms with Crippen LogP contribution in [0, 0.1) is 10.1 Å². The Kier molecular flexibility index (Phi) is 6.53. The Morgan fingerprint density at radius 1 is 1.07 bits per heavy atom. The molecule has 1 saturated heterocycles. The molecule has 0 aliphatic carbocycles. The molecule has 1 aliphatic heterocycles. The molecular weight excluding hydrogens is 425 g/mol. The van der Waals surface area contributed by atoms with Crippen molar-refractivity contribution in [2.45, 2.75) is 12.8 Å². The number of amides is 1. The molecule has 0 saturated carbocycles. The monoisotopic (exact) mass is 441 g/mol. The third-order valence-corrected chi connectivity index (χ3v) is 6.03. The largest absolute Gasteiger partial charge is 0.362 e. The van der Waals surface area contributed by atoms with Gasteiger partial charge in [0.1, 0.15) is 5.69 Å². The van der Waals surface area contributed by atoms with E-state index in [2.05, 4.69) is 0 Å². The van der Waals surface area contributed by atoms with Crippen LogP contribution in [0.5, 0.6) is 0 Å². The van der Waals surface area contributed by atoms with E-state index < -0.39 is 4.92 Å². The van der Waals surface area contributed by atoms with Crippen LogP contribution in [0.4, 0.5) is 11.4 Å². The number of thiophene rings is 1. The number of Topliss-reactive ketones (excluding diaryl/α,β-unsaturated/α-hetero) is 1. The van der Waals surface area contributed by atoms with Gasteiger partial charge < -0.3 is 9.80 Å². The number of piperazine rings is 1. The molecule has 0 atom stereocenters. The third-order valence-electron chi connectivity index (χ3n) is 4.52. The van der Waals surface area contributed by atoms with Crippen molar-refractivity contribution in [2.24, 2.45) is 0 Å². The molecule has 0 N–H and O–H groups in total. The summed E-state index contributed by atoms with van der Waals surface area (Å²) in [5, 5.41) is 11.6. The van der Waals surface area contributed by atoms with Crippen molar-refractivity contribution < 1.29 is 14.5 Å². The first-order valence-corrected chi connectivity index (χ1v) is 10.2. The summed E-state index contributed by atoms with van der Waals surface area (Å²) in [5.41, 5.74) is 0.443. The summed E-state index contributed by atoms with van der Waals surface area (Å²) >= 11 is 12.9. The van der Waals surface area contributed by atoms with Crippen molar-refractivity contribution in [2.75, 3.05) is 31.1 Å². The number of halogens is 2. The van der Waals surface area contributed by atoms with Gasteiger partial charge in [-0.2, -0.15) is 0 Å². The van der Waals surface area contributed by atoms with E-state index in [1.165, 1.54) is 17.4 Å². The molecule has 2 aromatic rings. The van der Waals surface area contributed by atoms with E-state index in [1.807, 2.05) is 4.90 Å². The molecule has 0 bridgehead atoms. The Morgan fingerprint density at radius 3 is 2.39 bits per heavy atom. The zero-order valence-corrected chi connectivity index (χ0v) is 17.1. The fourth-order valence-corrected chi connectivity index (χ4v) is 4.25. The SMILES string of the molecule is O=C(CCC(=O)N1CCN(c2ccc(Cl)cc2[N+](=O)[O-])CC1)c1ccc(Cl)s1. The van der Waals surface area contributed by atoms with Gasteiger partial charge in [0.25, 0.3) is 5.69 Å². The van der Waals surface area contributed by atoms with Crippen LogP contribution in [0.1, 0.15) is 22.5 Å². The Morgan fingerprint density at radius 2 is 1.79 bits per heavy atom. The second kappa shape index (κ2) is 8.89. The number of rotatable bonds is 6. The number of nitrogens with zero attached hydrogens (tertiary/aromatic N) is 3. The summed E-state index contributed by atoms with van der Waals surface area (Å²) in [4.78, 5) is 39.4. The predicted molar refractivity (Wildman–Crippen MR) is 110 cm³/mol. The highest BCUT2D eigenvalue weighted by atomic mass is 35.5. The van der Waals surface area contributed by atoms with Crippen LogP contribution in [0.2, 0.25) is 9.36 Å². The summed E-state index contributed by atoms with van der Waals surface area (Å²) in [6.45, 7) is 1.83. The standard InChI is InChI=1S/C18H17Cl2N3O4S/c19-12-1-2-13(14(11-12)23(26)27)21-7-9-22(10-8-21)18(25)6-3-15(24)16-4-5-17(20)28-16/h1-2,4-5,11H,3,6-10H2. The van der Waals surface area contributed by atoms with Crippen molar-refractivity contribution in [3.05, 3.63) is 54.7 Å². The van der Waals surface area contributed by atoms with Gasteiger partial charge in [0.15, 0.2) is 5.78 Å². The lowest BCUT2D eigenvalue weighted by Gasteiger charge is -2.35. The highest BCUT2D eigenvalue weighted by Gasteiger charge is 2.26. The van der Waals surface area contributed by atoms with E-state index in [1.54, 1.807) is 29.2 Å². The molecule has 0 spiro atoms. The fraction of sp³-hybridized carbons (Fsp3) is 0.333. The molecule has 1 fully saturated rings. The first-order valence-electron chi connectivity index (χ1n) is 8.60. The van der Waals surface area contributed by atoms with Gasteiger partial charge in [-0.05, 0) is 24.3 Å². The van der Waals surface area contributed by atoms with Crippen LogP contribution in [-0.4, -0.2) is 47.7 Å².